The van der Waals surface area contributed by atoms with E-state index in [0.29, 0.717) is 48.4 Å². The number of halogens is 1. The number of benzene rings is 2. The van der Waals surface area contributed by atoms with Crippen molar-refractivity contribution >= 4 is 46.0 Å². The second-order valence-corrected chi connectivity index (χ2v) is 12.0. The molecule has 0 radical (unpaired) electrons. The van der Waals surface area contributed by atoms with Crippen molar-refractivity contribution in [1.82, 2.24) is 26.1 Å². The number of thioether (sulfide) groups is 1. The average Bonchev–Trinajstić information content (AvgIpc) is 3.72. The van der Waals surface area contributed by atoms with Crippen molar-refractivity contribution in [2.75, 3.05) is 31.3 Å². The molecule has 2 saturated heterocycles. The first kappa shape index (κ1) is 28.1. The molecule has 3 unspecified atom stereocenters. The number of fused-ring (bicyclic) bond motifs is 4. The van der Waals surface area contributed by atoms with Crippen LogP contribution in [-0.4, -0.2) is 65.5 Å². The minimum absolute atomic E-state index is 0.0478. The van der Waals surface area contributed by atoms with Gasteiger partial charge in [-0.3, -0.25) is 15.0 Å². The summed E-state index contributed by atoms with van der Waals surface area (Å²) in [5, 5.41) is 20.9. The molecule has 0 bridgehead atoms. The molecule has 42 heavy (non-hydrogen) atoms. The van der Waals surface area contributed by atoms with E-state index in [-0.39, 0.29) is 29.8 Å². The minimum Gasteiger partial charge on any atom is -0.493 e. The van der Waals surface area contributed by atoms with Gasteiger partial charge in [-0.25, -0.2) is 9.18 Å². The number of methoxy groups -OCH3 is 1. The molecule has 6 rings (SSSR count). The van der Waals surface area contributed by atoms with Gasteiger partial charge in [0, 0.05) is 40.6 Å². The van der Waals surface area contributed by atoms with Crippen LogP contribution >= 0.6 is 11.8 Å². The second kappa shape index (κ2) is 12.4. The molecule has 3 amide bonds. The molecule has 3 aliphatic heterocycles. The second-order valence-electron chi connectivity index (χ2n) is 10.7. The van der Waals surface area contributed by atoms with E-state index in [2.05, 4.69) is 31.5 Å². The van der Waals surface area contributed by atoms with E-state index in [1.54, 1.807) is 19.2 Å². The van der Waals surface area contributed by atoms with E-state index >= 15 is 0 Å². The Morgan fingerprint density at radius 2 is 2.00 bits per heavy atom. The third-order valence-electron chi connectivity index (χ3n) is 7.83. The van der Waals surface area contributed by atoms with Crippen molar-refractivity contribution in [3.05, 3.63) is 48.3 Å². The lowest BCUT2D eigenvalue weighted by Gasteiger charge is -2.16. The lowest BCUT2D eigenvalue weighted by molar-refractivity contribution is -0.121. The highest BCUT2D eigenvalue weighted by Crippen LogP contribution is 2.43. The van der Waals surface area contributed by atoms with Crippen LogP contribution in [0.25, 0.3) is 22.0 Å². The van der Waals surface area contributed by atoms with Gasteiger partial charge in [-0.05, 0) is 61.0 Å². The first-order chi connectivity index (χ1) is 20.5. The Labute approximate surface area is 247 Å². The van der Waals surface area contributed by atoms with Gasteiger partial charge in [-0.2, -0.15) is 11.8 Å². The summed E-state index contributed by atoms with van der Waals surface area (Å²) in [5.74, 6) is 2.68. The Morgan fingerprint density at radius 3 is 2.86 bits per heavy atom. The maximum Gasteiger partial charge on any atom is 0.315 e. The van der Waals surface area contributed by atoms with Crippen molar-refractivity contribution in [2.45, 2.75) is 49.4 Å². The number of carbonyl (C=O) groups is 2. The molecule has 0 saturated carbocycles. The number of nitrogens with one attached hydrogen (secondary N) is 6. The van der Waals surface area contributed by atoms with E-state index in [1.165, 1.54) is 12.1 Å². The summed E-state index contributed by atoms with van der Waals surface area (Å²) in [4.78, 5) is 23.8. The molecule has 1 aliphatic carbocycles. The number of H-pyrrole nitrogens is 2. The Hall–Kier alpha value is -4.06. The van der Waals surface area contributed by atoms with Crippen molar-refractivity contribution in [3.8, 4) is 22.8 Å². The monoisotopic (exact) mass is 594 g/mol. The van der Waals surface area contributed by atoms with Gasteiger partial charge in [-0.1, -0.05) is 12.5 Å². The van der Waals surface area contributed by atoms with Crippen molar-refractivity contribution in [1.29, 1.82) is 0 Å². The maximum absolute atomic E-state index is 13.6. The molecule has 4 aliphatic rings. The Balaban J connectivity index is 0.950. The summed E-state index contributed by atoms with van der Waals surface area (Å²) in [6, 6.07) is 12.6. The van der Waals surface area contributed by atoms with Crippen LogP contribution in [0.2, 0.25) is 0 Å². The first-order valence-corrected chi connectivity index (χ1v) is 15.3. The van der Waals surface area contributed by atoms with E-state index < -0.39 is 0 Å². The third kappa shape index (κ3) is 6.08. The first-order valence-electron chi connectivity index (χ1n) is 14.3. The zero-order chi connectivity index (χ0) is 29.1. The van der Waals surface area contributed by atoms with Gasteiger partial charge < -0.3 is 30.7 Å². The summed E-state index contributed by atoms with van der Waals surface area (Å²) in [5.41, 5.74) is 2.48. The number of urea groups is 1. The van der Waals surface area contributed by atoms with Crippen LogP contribution in [0.15, 0.2) is 42.5 Å². The minimum atomic E-state index is -0.308. The predicted octanol–water partition coefficient (Wildman–Crippen LogP) is 5.10. The highest BCUT2D eigenvalue weighted by molar-refractivity contribution is 8.00. The van der Waals surface area contributed by atoms with Crippen LogP contribution in [0.1, 0.15) is 32.1 Å². The Kier molecular flexibility index (Phi) is 8.31. The highest BCUT2D eigenvalue weighted by atomic mass is 32.2. The molecule has 6 N–H and O–H groups in total. The fourth-order valence-electron chi connectivity index (χ4n) is 5.73. The summed E-state index contributed by atoms with van der Waals surface area (Å²) in [7, 11) is 1.61. The molecule has 12 heteroatoms. The van der Waals surface area contributed by atoms with Gasteiger partial charge in [0.2, 0.25) is 5.91 Å². The van der Waals surface area contributed by atoms with E-state index in [9.17, 15) is 14.0 Å². The van der Waals surface area contributed by atoms with E-state index in [1.807, 2.05) is 30.0 Å². The molecule has 2 fully saturated rings. The number of aromatic amines is 2. The number of ether oxygens (including phenoxy) is 2. The zero-order valence-electron chi connectivity index (χ0n) is 23.3. The van der Waals surface area contributed by atoms with Crippen molar-refractivity contribution < 1.29 is 23.5 Å². The number of hydrogen-bond donors (Lipinski definition) is 6. The van der Waals surface area contributed by atoms with Crippen molar-refractivity contribution in [2.24, 2.45) is 0 Å². The molecular weight excluding hydrogens is 559 g/mol. The summed E-state index contributed by atoms with van der Waals surface area (Å²) in [6.45, 7) is 0.959. The fraction of sp³-hybridized carbons (Fsp3) is 0.400. The summed E-state index contributed by atoms with van der Waals surface area (Å²) < 4.78 is 25.3. The van der Waals surface area contributed by atoms with E-state index in [4.69, 9.17) is 9.47 Å². The van der Waals surface area contributed by atoms with Crippen LogP contribution < -0.4 is 30.7 Å². The molecule has 2 aromatic rings. The normalized spacial score (nSPS) is 19.5. The fourth-order valence-corrected chi connectivity index (χ4v) is 7.28. The topological polar surface area (TPSA) is 132 Å². The molecule has 222 valence electrons. The molecular formula is C30H35FN6O4S. The number of hydrogen-bond acceptors (Lipinski definition) is 6. The van der Waals surface area contributed by atoms with Crippen LogP contribution in [0.5, 0.6) is 11.5 Å². The van der Waals surface area contributed by atoms with Crippen LogP contribution in [0, 0.1) is 5.82 Å². The van der Waals surface area contributed by atoms with Gasteiger partial charge in [-0.15, -0.1) is 0 Å². The number of amides is 3. The van der Waals surface area contributed by atoms with Crippen molar-refractivity contribution in [3.63, 3.8) is 0 Å². The Bertz CT molecular complexity index is 1540. The number of anilines is 2. The van der Waals surface area contributed by atoms with E-state index in [0.717, 1.165) is 52.9 Å². The standard InChI is InChI=1S/C30H35FN6O4S/c1-40-23-13-17-12-21-27(36-37-29(21)33-19-7-4-6-18(31)14-19)20(17)15-24(23)41-11-5-10-32-26(38)9-3-2-8-25-28-22(16-42-25)34-30(39)35-28/h4,6-7,12-15,22,25,28,33,36-37H,2-3,5,8-11,16H2,1H3,(H,32,38)(H2,34,35,39). The Morgan fingerprint density at radius 1 is 1.10 bits per heavy atom. The van der Waals surface area contributed by atoms with Gasteiger partial charge in [0.25, 0.3) is 0 Å². The number of rotatable bonds is 13. The number of carbonyl (C=O) groups excluding carboxylic acids is 2. The SMILES string of the molecule is COc1cc2cc3c(Nc4cccc(F)c4)[nH][nH]c-3c2cc1OCCCNC(=O)CCCCC1SCC2NC(=O)NC21. The predicted molar refractivity (Wildman–Crippen MR) is 163 cm³/mol. The van der Waals surface area contributed by atoms with Crippen LogP contribution in [0.4, 0.5) is 20.7 Å². The smallest absolute Gasteiger partial charge is 0.315 e. The molecule has 3 atom stereocenters. The average molecular weight is 595 g/mol. The highest BCUT2D eigenvalue weighted by Gasteiger charge is 2.42. The van der Waals surface area contributed by atoms with Gasteiger partial charge in [0.05, 0.1) is 31.5 Å². The molecule has 2 aromatic carbocycles. The summed E-state index contributed by atoms with van der Waals surface area (Å²) in [6.07, 6.45) is 3.96. The lowest BCUT2D eigenvalue weighted by Crippen LogP contribution is -2.36. The molecule has 0 aromatic heterocycles. The number of aromatic nitrogens is 2. The molecule has 3 heterocycles. The largest absolute Gasteiger partial charge is 0.493 e. The third-order valence-corrected chi connectivity index (χ3v) is 9.34. The van der Waals surface area contributed by atoms with Gasteiger partial charge >= 0.3 is 6.03 Å². The molecule has 10 nitrogen and oxygen atoms in total. The zero-order valence-corrected chi connectivity index (χ0v) is 24.2. The number of unbranched alkanes of at least 4 members (excludes halogenated alkanes) is 1. The van der Waals surface area contributed by atoms with Crippen LogP contribution in [0.3, 0.4) is 0 Å². The molecule has 0 spiro atoms. The lowest BCUT2D eigenvalue weighted by atomic mass is 10.0. The van der Waals surface area contributed by atoms with Gasteiger partial charge in [0.1, 0.15) is 11.6 Å². The van der Waals surface area contributed by atoms with Gasteiger partial charge in [0.15, 0.2) is 11.5 Å². The quantitative estimate of drug-likeness (QED) is 0.0943. The summed E-state index contributed by atoms with van der Waals surface area (Å²) >= 11 is 1.90. The maximum atomic E-state index is 13.6. The van der Waals surface area contributed by atoms with Crippen LogP contribution in [-0.2, 0) is 4.79 Å².